The monoisotopic (exact) mass is 358 g/mol. The summed E-state index contributed by atoms with van der Waals surface area (Å²) in [7, 11) is 1.78. The average molecular weight is 359 g/mol. The number of benzene rings is 1. The molecule has 0 bridgehead atoms. The van der Waals surface area contributed by atoms with Crippen molar-refractivity contribution in [3.8, 4) is 0 Å². The number of carbonyl (C=O) groups is 1. The minimum atomic E-state index is 0.0333. The summed E-state index contributed by atoms with van der Waals surface area (Å²) in [5, 5.41) is 0. The smallest absolute Gasteiger partial charge is 0.225 e. The Balaban J connectivity index is 1.82. The third-order valence-corrected chi connectivity index (χ3v) is 6.28. The molecule has 2 aliphatic rings. The number of hydrogen-bond donors (Lipinski definition) is 1. The number of nitrogens with zero attached hydrogens (tertiary/aromatic N) is 1. The van der Waals surface area contributed by atoms with Crippen LogP contribution >= 0.6 is 0 Å². The predicted octanol–water partition coefficient (Wildman–Crippen LogP) is 3.82. The molecular formula is C22H34N2O2. The average Bonchev–Trinajstić information content (AvgIpc) is 2.80. The van der Waals surface area contributed by atoms with Crippen molar-refractivity contribution >= 4 is 11.6 Å². The van der Waals surface area contributed by atoms with Gasteiger partial charge in [-0.25, -0.2) is 0 Å². The number of hydrogen-bond acceptors (Lipinski definition) is 3. The summed E-state index contributed by atoms with van der Waals surface area (Å²) in [5.74, 6) is 0.498. The van der Waals surface area contributed by atoms with Crippen LogP contribution in [-0.4, -0.2) is 36.6 Å². The van der Waals surface area contributed by atoms with Gasteiger partial charge in [-0.2, -0.15) is 0 Å². The zero-order valence-electron chi connectivity index (χ0n) is 16.8. The lowest BCUT2D eigenvalue weighted by Gasteiger charge is -2.41. The predicted molar refractivity (Wildman–Crippen MR) is 106 cm³/mol. The van der Waals surface area contributed by atoms with Crippen molar-refractivity contribution in [2.45, 2.75) is 71.4 Å². The van der Waals surface area contributed by atoms with Crippen LogP contribution in [0, 0.1) is 11.3 Å². The normalized spacial score (nSPS) is 26.9. The van der Waals surface area contributed by atoms with Crippen LogP contribution in [0.2, 0.25) is 0 Å². The number of methoxy groups -OCH3 is 1. The first-order chi connectivity index (χ1) is 12.3. The van der Waals surface area contributed by atoms with Gasteiger partial charge >= 0.3 is 0 Å². The molecule has 0 aromatic heterocycles. The summed E-state index contributed by atoms with van der Waals surface area (Å²) >= 11 is 0. The highest BCUT2D eigenvalue weighted by Gasteiger charge is 2.38. The molecule has 1 fully saturated rings. The van der Waals surface area contributed by atoms with Crippen LogP contribution in [0.4, 0.5) is 5.69 Å². The van der Waals surface area contributed by atoms with Gasteiger partial charge in [0.15, 0.2) is 0 Å². The number of carbonyl (C=O) groups excluding carboxylic acids is 1. The van der Waals surface area contributed by atoms with E-state index in [0.717, 1.165) is 50.8 Å². The molecule has 2 N–H and O–H groups in total. The second-order valence-corrected chi connectivity index (χ2v) is 9.11. The van der Waals surface area contributed by atoms with E-state index in [-0.39, 0.29) is 17.4 Å². The van der Waals surface area contributed by atoms with E-state index in [1.807, 2.05) is 6.07 Å². The summed E-state index contributed by atoms with van der Waals surface area (Å²) in [4.78, 5) is 15.6. The zero-order chi connectivity index (χ0) is 18.9. The summed E-state index contributed by atoms with van der Waals surface area (Å²) in [6.45, 7) is 7.55. The van der Waals surface area contributed by atoms with E-state index in [1.54, 1.807) is 7.11 Å². The quantitative estimate of drug-likeness (QED) is 0.818. The molecule has 1 aromatic carbocycles. The molecule has 0 spiro atoms. The van der Waals surface area contributed by atoms with Gasteiger partial charge in [-0.3, -0.25) is 4.79 Å². The number of fused-ring (bicyclic) bond motifs is 1. The maximum absolute atomic E-state index is 13.4. The van der Waals surface area contributed by atoms with E-state index in [2.05, 4.69) is 37.8 Å². The Labute approximate surface area is 158 Å². The van der Waals surface area contributed by atoms with Gasteiger partial charge in [-0.15, -0.1) is 0 Å². The van der Waals surface area contributed by atoms with E-state index in [9.17, 15) is 4.79 Å². The first-order valence-corrected chi connectivity index (χ1v) is 10.00. The molecule has 4 nitrogen and oxygen atoms in total. The molecule has 1 atom stereocenters. The Hall–Kier alpha value is -1.55. The Kier molecular flexibility index (Phi) is 5.61. The number of anilines is 1. The van der Waals surface area contributed by atoms with E-state index in [0.29, 0.717) is 12.0 Å². The van der Waals surface area contributed by atoms with Crippen LogP contribution in [0.15, 0.2) is 18.2 Å². The molecular weight excluding hydrogens is 324 g/mol. The first-order valence-electron chi connectivity index (χ1n) is 10.00. The topological polar surface area (TPSA) is 55.6 Å². The first kappa shape index (κ1) is 19.2. The number of rotatable bonds is 2. The van der Waals surface area contributed by atoms with Crippen LogP contribution in [0.5, 0.6) is 0 Å². The van der Waals surface area contributed by atoms with Gasteiger partial charge in [0.1, 0.15) is 0 Å². The van der Waals surface area contributed by atoms with E-state index >= 15 is 0 Å². The van der Waals surface area contributed by atoms with Crippen LogP contribution in [0.1, 0.15) is 57.6 Å². The maximum atomic E-state index is 13.4. The van der Waals surface area contributed by atoms with Crippen molar-refractivity contribution in [1.82, 2.24) is 4.90 Å². The van der Waals surface area contributed by atoms with Gasteiger partial charge in [-0.1, -0.05) is 26.8 Å². The van der Waals surface area contributed by atoms with Crippen LogP contribution in [0.3, 0.4) is 0 Å². The molecule has 144 valence electrons. The third kappa shape index (κ3) is 4.06. The Bertz CT molecular complexity index is 642. The van der Waals surface area contributed by atoms with Gasteiger partial charge in [0.05, 0.1) is 6.10 Å². The Morgan fingerprint density at radius 2 is 1.85 bits per heavy atom. The number of amides is 1. The highest BCUT2D eigenvalue weighted by molar-refractivity contribution is 5.79. The molecule has 1 aliphatic carbocycles. The molecule has 1 saturated carbocycles. The molecule has 26 heavy (non-hydrogen) atoms. The molecule has 1 aromatic rings. The maximum Gasteiger partial charge on any atom is 0.225 e. The lowest BCUT2D eigenvalue weighted by Crippen LogP contribution is -2.51. The minimum absolute atomic E-state index is 0.0333. The van der Waals surface area contributed by atoms with Gasteiger partial charge in [0, 0.05) is 31.3 Å². The van der Waals surface area contributed by atoms with Gasteiger partial charge in [0.25, 0.3) is 0 Å². The largest absolute Gasteiger partial charge is 0.399 e. The second kappa shape index (κ2) is 7.59. The SMILES string of the molecule is COC1CCC(C(=O)N2CCc3ccc(N)cc3CC2C(C)(C)C)CC1. The summed E-state index contributed by atoms with van der Waals surface area (Å²) in [5.41, 5.74) is 9.53. The lowest BCUT2D eigenvalue weighted by atomic mass is 9.80. The van der Waals surface area contributed by atoms with Crippen molar-refractivity contribution in [2.75, 3.05) is 19.4 Å². The fraction of sp³-hybridized carbons (Fsp3) is 0.682. The van der Waals surface area contributed by atoms with Crippen molar-refractivity contribution < 1.29 is 9.53 Å². The molecule has 0 saturated heterocycles. The molecule has 1 amide bonds. The fourth-order valence-corrected chi connectivity index (χ4v) is 4.61. The fourth-order valence-electron chi connectivity index (χ4n) is 4.61. The molecule has 1 heterocycles. The number of nitrogen functional groups attached to an aromatic ring is 1. The van der Waals surface area contributed by atoms with Crippen molar-refractivity contribution in [3.63, 3.8) is 0 Å². The van der Waals surface area contributed by atoms with Crippen molar-refractivity contribution in [1.29, 1.82) is 0 Å². The zero-order valence-corrected chi connectivity index (χ0v) is 16.8. The number of ether oxygens (including phenoxy) is 1. The second-order valence-electron chi connectivity index (χ2n) is 9.11. The van der Waals surface area contributed by atoms with Crippen LogP contribution < -0.4 is 5.73 Å². The molecule has 3 rings (SSSR count). The standard InChI is InChI=1S/C22H34N2O2/c1-22(2,3)20-14-17-13-18(23)8-5-15(17)11-12-24(20)21(25)16-6-9-19(26-4)10-7-16/h5,8,13,16,19-20H,6-7,9-12,14,23H2,1-4H3. The Morgan fingerprint density at radius 3 is 2.46 bits per heavy atom. The van der Waals surface area contributed by atoms with E-state index < -0.39 is 0 Å². The molecule has 1 unspecified atom stereocenters. The highest BCUT2D eigenvalue weighted by Crippen LogP contribution is 2.35. The van der Waals surface area contributed by atoms with Crippen molar-refractivity contribution in [3.05, 3.63) is 29.3 Å². The van der Waals surface area contributed by atoms with Gasteiger partial charge in [-0.05, 0) is 67.2 Å². The van der Waals surface area contributed by atoms with Crippen LogP contribution in [-0.2, 0) is 22.4 Å². The van der Waals surface area contributed by atoms with Gasteiger partial charge in [0.2, 0.25) is 5.91 Å². The van der Waals surface area contributed by atoms with Gasteiger partial charge < -0.3 is 15.4 Å². The van der Waals surface area contributed by atoms with E-state index in [4.69, 9.17) is 10.5 Å². The highest BCUT2D eigenvalue weighted by atomic mass is 16.5. The molecule has 0 radical (unpaired) electrons. The van der Waals surface area contributed by atoms with E-state index in [1.165, 1.54) is 11.1 Å². The van der Waals surface area contributed by atoms with Crippen molar-refractivity contribution in [2.24, 2.45) is 11.3 Å². The third-order valence-electron chi connectivity index (χ3n) is 6.28. The minimum Gasteiger partial charge on any atom is -0.399 e. The number of nitrogens with two attached hydrogens (primary N) is 1. The lowest BCUT2D eigenvalue weighted by molar-refractivity contribution is -0.142. The molecule has 4 heteroatoms. The Morgan fingerprint density at radius 1 is 1.15 bits per heavy atom. The summed E-state index contributed by atoms with van der Waals surface area (Å²) < 4.78 is 5.48. The molecule has 1 aliphatic heterocycles. The summed E-state index contributed by atoms with van der Waals surface area (Å²) in [6, 6.07) is 6.43. The van der Waals surface area contributed by atoms with Crippen LogP contribution in [0.25, 0.3) is 0 Å². The summed E-state index contributed by atoms with van der Waals surface area (Å²) in [6.07, 6.45) is 6.03.